The molecule has 0 atom stereocenters. The fourth-order valence-electron chi connectivity index (χ4n) is 2.92. The van der Waals surface area contributed by atoms with Crippen LogP contribution in [0.2, 0.25) is 0 Å². The summed E-state index contributed by atoms with van der Waals surface area (Å²) in [7, 11) is -4.02. The average Bonchev–Trinajstić information content (AvgIpc) is 3.12. The molecule has 0 aliphatic heterocycles. The fourth-order valence-corrected chi connectivity index (χ4v) is 3.95. The Morgan fingerprint density at radius 2 is 1.57 bits per heavy atom. The fraction of sp³-hybridized carbons (Fsp3) is 0.0455. The smallest absolute Gasteiger partial charge is 0.263 e. The van der Waals surface area contributed by atoms with E-state index in [0.717, 1.165) is 23.8 Å². The Balaban J connectivity index is 1.78. The van der Waals surface area contributed by atoms with Gasteiger partial charge in [-0.05, 0) is 35.9 Å². The van der Waals surface area contributed by atoms with Crippen molar-refractivity contribution in [2.45, 2.75) is 11.3 Å². The number of rotatable bonds is 6. The van der Waals surface area contributed by atoms with Crippen LogP contribution < -0.4 is 4.72 Å². The molecule has 4 rings (SSSR count). The first kappa shape index (κ1) is 19.8. The molecular formula is C22H16F2N2O3S. The molecule has 1 heterocycles. The van der Waals surface area contributed by atoms with Gasteiger partial charge in [-0.15, -0.1) is 0 Å². The van der Waals surface area contributed by atoms with Gasteiger partial charge in [0.1, 0.15) is 11.6 Å². The van der Waals surface area contributed by atoms with Crippen molar-refractivity contribution in [1.29, 1.82) is 0 Å². The predicted molar refractivity (Wildman–Crippen MR) is 108 cm³/mol. The minimum Gasteiger partial charge on any atom is -0.438 e. The Hall–Kier alpha value is -3.52. The molecule has 152 valence electrons. The Morgan fingerprint density at radius 3 is 2.27 bits per heavy atom. The molecular weight excluding hydrogens is 410 g/mol. The first-order valence-electron chi connectivity index (χ1n) is 8.99. The van der Waals surface area contributed by atoms with Crippen LogP contribution in [0.1, 0.15) is 11.5 Å². The van der Waals surface area contributed by atoms with Gasteiger partial charge in [0.15, 0.2) is 11.6 Å². The Bertz CT molecular complexity index is 1270. The normalized spacial score (nSPS) is 11.4. The van der Waals surface area contributed by atoms with Crippen LogP contribution in [0.15, 0.2) is 88.2 Å². The second-order valence-corrected chi connectivity index (χ2v) is 8.17. The highest BCUT2D eigenvalue weighted by Crippen LogP contribution is 2.33. The average molecular weight is 426 g/mol. The zero-order valence-corrected chi connectivity index (χ0v) is 16.4. The third kappa shape index (κ3) is 4.23. The summed E-state index contributed by atoms with van der Waals surface area (Å²) >= 11 is 0. The van der Waals surface area contributed by atoms with E-state index < -0.39 is 21.7 Å². The number of hydrogen-bond acceptors (Lipinski definition) is 4. The molecule has 0 amide bonds. The third-order valence-electron chi connectivity index (χ3n) is 4.33. The van der Waals surface area contributed by atoms with Gasteiger partial charge in [-0.25, -0.2) is 17.2 Å². The van der Waals surface area contributed by atoms with Crippen molar-refractivity contribution in [3.63, 3.8) is 0 Å². The summed E-state index contributed by atoms with van der Waals surface area (Å²) in [6.45, 7) is 0. The molecule has 0 radical (unpaired) electrons. The number of sulfonamides is 1. The molecule has 1 N–H and O–H groups in total. The number of oxazole rings is 1. The predicted octanol–water partition coefficient (Wildman–Crippen LogP) is 5.01. The van der Waals surface area contributed by atoms with Crippen molar-refractivity contribution in [2.24, 2.45) is 0 Å². The number of aromatic nitrogens is 1. The second kappa shape index (κ2) is 8.08. The Morgan fingerprint density at radius 1 is 0.900 bits per heavy atom. The van der Waals surface area contributed by atoms with E-state index in [2.05, 4.69) is 9.71 Å². The third-order valence-corrected chi connectivity index (χ3v) is 5.68. The molecule has 8 heteroatoms. The zero-order chi connectivity index (χ0) is 21.1. The summed E-state index contributed by atoms with van der Waals surface area (Å²) in [5.41, 5.74) is 0.634. The molecule has 0 spiro atoms. The van der Waals surface area contributed by atoms with E-state index in [1.165, 1.54) is 12.1 Å². The molecule has 0 fully saturated rings. The molecule has 0 bridgehead atoms. The lowest BCUT2D eigenvalue weighted by Gasteiger charge is -2.07. The Kier molecular flexibility index (Phi) is 5.33. The monoisotopic (exact) mass is 426 g/mol. The van der Waals surface area contributed by atoms with Crippen LogP contribution in [0.5, 0.6) is 0 Å². The maximum atomic E-state index is 14.4. The molecule has 3 aromatic carbocycles. The number of nitrogens with one attached hydrogen (secondary N) is 1. The van der Waals surface area contributed by atoms with Crippen molar-refractivity contribution in [3.05, 3.63) is 102 Å². The number of halogens is 2. The first-order chi connectivity index (χ1) is 14.4. The SMILES string of the molecule is O=S(=O)(Nc1nc(Cc2ccccc2)oc1-c1cc(F)ccc1F)c1ccccc1. The van der Waals surface area contributed by atoms with Gasteiger partial charge < -0.3 is 4.42 Å². The van der Waals surface area contributed by atoms with Crippen LogP contribution in [0.3, 0.4) is 0 Å². The van der Waals surface area contributed by atoms with Gasteiger partial charge in [-0.3, -0.25) is 4.72 Å². The molecule has 0 aliphatic rings. The minimum absolute atomic E-state index is 0.00303. The second-order valence-electron chi connectivity index (χ2n) is 6.49. The van der Waals surface area contributed by atoms with Gasteiger partial charge in [-0.2, -0.15) is 4.98 Å². The van der Waals surface area contributed by atoms with Crippen LogP contribution in [0, 0.1) is 11.6 Å². The van der Waals surface area contributed by atoms with Crippen LogP contribution in [0.25, 0.3) is 11.3 Å². The van der Waals surface area contributed by atoms with Gasteiger partial charge in [-0.1, -0.05) is 48.5 Å². The van der Waals surface area contributed by atoms with Crippen molar-refractivity contribution in [3.8, 4) is 11.3 Å². The maximum absolute atomic E-state index is 14.4. The van der Waals surface area contributed by atoms with E-state index in [9.17, 15) is 17.2 Å². The van der Waals surface area contributed by atoms with Crippen LogP contribution in [-0.2, 0) is 16.4 Å². The van der Waals surface area contributed by atoms with Crippen molar-refractivity contribution >= 4 is 15.8 Å². The number of anilines is 1. The lowest BCUT2D eigenvalue weighted by molar-refractivity contribution is 0.513. The summed E-state index contributed by atoms with van der Waals surface area (Å²) in [4.78, 5) is 4.22. The zero-order valence-electron chi connectivity index (χ0n) is 15.5. The number of benzene rings is 3. The highest BCUT2D eigenvalue weighted by Gasteiger charge is 2.24. The lowest BCUT2D eigenvalue weighted by atomic mass is 10.1. The van der Waals surface area contributed by atoms with Gasteiger partial charge in [0.05, 0.1) is 10.5 Å². The molecule has 0 saturated heterocycles. The van der Waals surface area contributed by atoms with Crippen LogP contribution >= 0.6 is 0 Å². The van der Waals surface area contributed by atoms with Gasteiger partial charge in [0.25, 0.3) is 10.0 Å². The first-order valence-corrected chi connectivity index (χ1v) is 10.5. The topological polar surface area (TPSA) is 72.2 Å². The van der Waals surface area contributed by atoms with E-state index in [0.29, 0.717) is 0 Å². The molecule has 1 aromatic heterocycles. The highest BCUT2D eigenvalue weighted by atomic mass is 32.2. The van der Waals surface area contributed by atoms with Gasteiger partial charge in [0, 0.05) is 6.42 Å². The largest absolute Gasteiger partial charge is 0.438 e. The van der Waals surface area contributed by atoms with Crippen LogP contribution in [-0.4, -0.2) is 13.4 Å². The van der Waals surface area contributed by atoms with E-state index in [4.69, 9.17) is 4.42 Å². The van der Waals surface area contributed by atoms with Gasteiger partial charge >= 0.3 is 0 Å². The maximum Gasteiger partial charge on any atom is 0.263 e. The molecule has 30 heavy (non-hydrogen) atoms. The minimum atomic E-state index is -4.02. The lowest BCUT2D eigenvalue weighted by Crippen LogP contribution is -2.13. The molecule has 0 aliphatic carbocycles. The summed E-state index contributed by atoms with van der Waals surface area (Å²) in [5.74, 6) is -1.71. The molecule has 0 saturated carbocycles. The molecule has 4 aromatic rings. The summed E-state index contributed by atoms with van der Waals surface area (Å²) in [5, 5.41) is 0. The van der Waals surface area contributed by atoms with E-state index in [-0.39, 0.29) is 34.3 Å². The number of nitrogens with zero attached hydrogens (tertiary/aromatic N) is 1. The van der Waals surface area contributed by atoms with E-state index in [1.807, 2.05) is 30.3 Å². The Labute approximate surface area is 172 Å². The summed E-state index contributed by atoms with van der Waals surface area (Å²) in [6.07, 6.45) is 0.248. The van der Waals surface area contributed by atoms with Gasteiger partial charge in [0.2, 0.25) is 5.89 Å². The van der Waals surface area contributed by atoms with Crippen LogP contribution in [0.4, 0.5) is 14.6 Å². The van der Waals surface area contributed by atoms with Crippen molar-refractivity contribution in [2.75, 3.05) is 4.72 Å². The molecule has 5 nitrogen and oxygen atoms in total. The quantitative estimate of drug-likeness (QED) is 0.470. The summed E-state index contributed by atoms with van der Waals surface area (Å²) < 4.78 is 61.6. The van der Waals surface area contributed by atoms with Crippen molar-refractivity contribution in [1.82, 2.24) is 4.98 Å². The number of hydrogen-bond donors (Lipinski definition) is 1. The van der Waals surface area contributed by atoms with Crippen molar-refractivity contribution < 1.29 is 21.6 Å². The molecule has 0 unspecified atom stereocenters. The van der Waals surface area contributed by atoms with E-state index >= 15 is 0 Å². The highest BCUT2D eigenvalue weighted by molar-refractivity contribution is 7.92. The van der Waals surface area contributed by atoms with E-state index in [1.54, 1.807) is 18.2 Å². The summed E-state index contributed by atoms with van der Waals surface area (Å²) in [6, 6.07) is 19.7. The standard InChI is InChI=1S/C22H16F2N2O3S/c23-16-11-12-19(24)18(14-16)21-22(26-30(27,28)17-9-5-2-6-10-17)25-20(29-21)13-15-7-3-1-4-8-15/h1-12,14,26H,13H2.